The Morgan fingerprint density at radius 3 is 2.95 bits per heavy atom. The van der Waals surface area contributed by atoms with E-state index in [1.165, 1.54) is 0 Å². The molecule has 20 heavy (non-hydrogen) atoms. The molecule has 2 amide bonds. The average molecular weight is 275 g/mol. The standard InChI is InChI=1S/C15H21N3O2/c1-3-12-6-4-5-9-18(12)15(20)14(19)17-13-10-11(2)7-8-16-13/h7-8,10,12H,3-6,9H2,1-2H3,(H,16,17,19). The minimum Gasteiger partial charge on any atom is -0.331 e. The topological polar surface area (TPSA) is 62.3 Å². The second kappa shape index (κ2) is 6.50. The number of hydrogen-bond donors (Lipinski definition) is 1. The lowest BCUT2D eigenvalue weighted by Crippen LogP contribution is -2.48. The summed E-state index contributed by atoms with van der Waals surface area (Å²) in [7, 11) is 0. The smallest absolute Gasteiger partial charge is 0.315 e. The first-order valence-corrected chi connectivity index (χ1v) is 7.16. The van der Waals surface area contributed by atoms with Crippen LogP contribution in [-0.2, 0) is 9.59 Å². The Morgan fingerprint density at radius 2 is 2.25 bits per heavy atom. The van der Waals surface area contributed by atoms with E-state index in [0.717, 1.165) is 31.2 Å². The van der Waals surface area contributed by atoms with Gasteiger partial charge in [-0.25, -0.2) is 4.98 Å². The van der Waals surface area contributed by atoms with Crippen LogP contribution in [0, 0.1) is 6.92 Å². The molecule has 0 saturated carbocycles. The maximum Gasteiger partial charge on any atom is 0.315 e. The van der Waals surface area contributed by atoms with Crippen LogP contribution < -0.4 is 5.32 Å². The molecule has 5 heteroatoms. The molecule has 0 radical (unpaired) electrons. The van der Waals surface area contributed by atoms with Crippen LogP contribution >= 0.6 is 0 Å². The lowest BCUT2D eigenvalue weighted by atomic mass is 10.00. The minimum absolute atomic E-state index is 0.187. The van der Waals surface area contributed by atoms with E-state index in [9.17, 15) is 9.59 Å². The quantitative estimate of drug-likeness (QED) is 0.841. The molecule has 1 N–H and O–H groups in total. The van der Waals surface area contributed by atoms with Gasteiger partial charge in [0, 0.05) is 18.8 Å². The number of amides is 2. The molecule has 1 aliphatic rings. The van der Waals surface area contributed by atoms with Crippen LogP contribution in [0.3, 0.4) is 0 Å². The predicted octanol–water partition coefficient (Wildman–Crippen LogP) is 2.12. The minimum atomic E-state index is -0.594. The Hall–Kier alpha value is -1.91. The fourth-order valence-corrected chi connectivity index (χ4v) is 2.60. The lowest BCUT2D eigenvalue weighted by Gasteiger charge is -2.34. The van der Waals surface area contributed by atoms with Gasteiger partial charge in [-0.2, -0.15) is 0 Å². The Kier molecular flexibility index (Phi) is 4.71. The van der Waals surface area contributed by atoms with E-state index < -0.39 is 11.8 Å². The van der Waals surface area contributed by atoms with Crippen LogP contribution in [0.5, 0.6) is 0 Å². The van der Waals surface area contributed by atoms with Crippen molar-refractivity contribution in [1.29, 1.82) is 0 Å². The van der Waals surface area contributed by atoms with Crippen molar-refractivity contribution in [3.63, 3.8) is 0 Å². The Bertz CT molecular complexity index is 502. The number of rotatable bonds is 2. The van der Waals surface area contributed by atoms with Crippen LogP contribution in [0.2, 0.25) is 0 Å². The van der Waals surface area contributed by atoms with E-state index in [1.807, 2.05) is 13.0 Å². The SMILES string of the molecule is CCC1CCCCN1C(=O)C(=O)Nc1cc(C)ccn1. The fraction of sp³-hybridized carbons (Fsp3) is 0.533. The van der Waals surface area contributed by atoms with Crippen molar-refractivity contribution < 1.29 is 9.59 Å². The maximum absolute atomic E-state index is 12.2. The third kappa shape index (κ3) is 3.35. The van der Waals surface area contributed by atoms with Crippen LogP contribution in [0.1, 0.15) is 38.2 Å². The number of aromatic nitrogens is 1. The number of aryl methyl sites for hydroxylation is 1. The van der Waals surface area contributed by atoms with Crippen LogP contribution in [0.25, 0.3) is 0 Å². The van der Waals surface area contributed by atoms with E-state index in [0.29, 0.717) is 12.4 Å². The number of nitrogens with one attached hydrogen (secondary N) is 1. The van der Waals surface area contributed by atoms with Gasteiger partial charge in [0.1, 0.15) is 5.82 Å². The summed E-state index contributed by atoms with van der Waals surface area (Å²) in [6.45, 7) is 4.64. The average Bonchev–Trinajstić information content (AvgIpc) is 2.46. The zero-order valence-electron chi connectivity index (χ0n) is 12.1. The summed E-state index contributed by atoms with van der Waals surface area (Å²) in [4.78, 5) is 30.0. The summed E-state index contributed by atoms with van der Waals surface area (Å²) in [6, 6.07) is 3.78. The van der Waals surface area contributed by atoms with Crippen LogP contribution in [0.15, 0.2) is 18.3 Å². The number of pyridine rings is 1. The molecule has 1 fully saturated rings. The van der Waals surface area contributed by atoms with Gasteiger partial charge in [-0.15, -0.1) is 0 Å². The van der Waals surface area contributed by atoms with Gasteiger partial charge < -0.3 is 10.2 Å². The maximum atomic E-state index is 12.2. The van der Waals surface area contributed by atoms with Gasteiger partial charge in [0.2, 0.25) is 0 Å². The zero-order chi connectivity index (χ0) is 14.5. The van der Waals surface area contributed by atoms with Gasteiger partial charge in [0.15, 0.2) is 0 Å². The Morgan fingerprint density at radius 1 is 1.45 bits per heavy atom. The van der Waals surface area contributed by atoms with Gasteiger partial charge in [-0.05, 0) is 50.3 Å². The molecular weight excluding hydrogens is 254 g/mol. The van der Waals surface area contributed by atoms with Crippen LogP contribution in [-0.4, -0.2) is 34.3 Å². The first kappa shape index (κ1) is 14.5. The van der Waals surface area contributed by atoms with E-state index in [-0.39, 0.29) is 6.04 Å². The number of carbonyl (C=O) groups is 2. The molecular formula is C15H21N3O2. The number of hydrogen-bond acceptors (Lipinski definition) is 3. The molecule has 1 aliphatic heterocycles. The number of piperidine rings is 1. The Balaban J connectivity index is 2.02. The summed E-state index contributed by atoms with van der Waals surface area (Å²) in [6.07, 6.45) is 5.59. The molecule has 2 rings (SSSR count). The Labute approximate surface area is 119 Å². The molecule has 1 atom stereocenters. The number of likely N-dealkylation sites (tertiary alicyclic amines) is 1. The van der Waals surface area contributed by atoms with E-state index >= 15 is 0 Å². The fourth-order valence-electron chi connectivity index (χ4n) is 2.60. The van der Waals surface area contributed by atoms with Crippen molar-refractivity contribution in [3.05, 3.63) is 23.9 Å². The van der Waals surface area contributed by atoms with Crippen molar-refractivity contribution in [2.75, 3.05) is 11.9 Å². The summed E-state index contributed by atoms with van der Waals surface area (Å²) < 4.78 is 0. The number of nitrogens with zero attached hydrogens (tertiary/aromatic N) is 2. The summed E-state index contributed by atoms with van der Waals surface area (Å²) >= 11 is 0. The lowest BCUT2D eigenvalue weighted by molar-refractivity contribution is -0.145. The molecule has 1 aromatic heterocycles. The zero-order valence-corrected chi connectivity index (χ0v) is 12.1. The van der Waals surface area contributed by atoms with E-state index in [4.69, 9.17) is 0 Å². The first-order chi connectivity index (χ1) is 9.61. The van der Waals surface area contributed by atoms with Gasteiger partial charge in [-0.1, -0.05) is 6.92 Å². The molecule has 0 spiro atoms. The third-order valence-corrected chi connectivity index (χ3v) is 3.71. The molecule has 5 nitrogen and oxygen atoms in total. The summed E-state index contributed by atoms with van der Waals surface area (Å²) in [5.41, 5.74) is 0.993. The normalized spacial score (nSPS) is 18.7. The molecule has 1 saturated heterocycles. The molecule has 2 heterocycles. The van der Waals surface area contributed by atoms with E-state index in [1.54, 1.807) is 17.2 Å². The number of anilines is 1. The number of carbonyl (C=O) groups excluding carboxylic acids is 2. The molecule has 1 unspecified atom stereocenters. The highest BCUT2D eigenvalue weighted by molar-refractivity contribution is 6.39. The molecule has 0 aliphatic carbocycles. The highest BCUT2D eigenvalue weighted by Crippen LogP contribution is 2.19. The highest BCUT2D eigenvalue weighted by atomic mass is 16.2. The molecule has 0 bridgehead atoms. The predicted molar refractivity (Wildman–Crippen MR) is 77.2 cm³/mol. The first-order valence-electron chi connectivity index (χ1n) is 7.16. The van der Waals surface area contributed by atoms with E-state index in [2.05, 4.69) is 17.2 Å². The largest absolute Gasteiger partial charge is 0.331 e. The van der Waals surface area contributed by atoms with Gasteiger partial charge in [-0.3, -0.25) is 9.59 Å². The van der Waals surface area contributed by atoms with Crippen molar-refractivity contribution >= 4 is 17.6 Å². The molecule has 1 aromatic rings. The van der Waals surface area contributed by atoms with Gasteiger partial charge in [0.25, 0.3) is 0 Å². The van der Waals surface area contributed by atoms with Crippen LogP contribution in [0.4, 0.5) is 5.82 Å². The van der Waals surface area contributed by atoms with Crippen molar-refractivity contribution in [2.24, 2.45) is 0 Å². The van der Waals surface area contributed by atoms with Crippen molar-refractivity contribution in [1.82, 2.24) is 9.88 Å². The third-order valence-electron chi connectivity index (χ3n) is 3.71. The van der Waals surface area contributed by atoms with Crippen molar-refractivity contribution in [3.8, 4) is 0 Å². The second-order valence-corrected chi connectivity index (χ2v) is 5.23. The van der Waals surface area contributed by atoms with Crippen molar-refractivity contribution in [2.45, 2.75) is 45.6 Å². The highest BCUT2D eigenvalue weighted by Gasteiger charge is 2.29. The monoisotopic (exact) mass is 275 g/mol. The molecule has 0 aromatic carbocycles. The molecule has 108 valence electrons. The van der Waals surface area contributed by atoms with Gasteiger partial charge in [0.05, 0.1) is 0 Å². The second-order valence-electron chi connectivity index (χ2n) is 5.23. The summed E-state index contributed by atoms with van der Waals surface area (Å²) in [5.74, 6) is -0.614. The van der Waals surface area contributed by atoms with Gasteiger partial charge >= 0.3 is 11.8 Å². The summed E-state index contributed by atoms with van der Waals surface area (Å²) in [5, 5.41) is 2.58.